The Morgan fingerprint density at radius 3 is 1.39 bits per heavy atom. The number of esters is 1. The molecule has 0 aromatic heterocycles. The SMILES string of the molecule is COC(=O)CCOCCOCCOCCOCCOCCOCCN1C(=O)C=CC1=O. The Bertz CT molecular complexity index is 522. The summed E-state index contributed by atoms with van der Waals surface area (Å²) >= 11 is 0. The van der Waals surface area contributed by atoms with Crippen LogP contribution in [-0.4, -0.2) is 116 Å². The molecule has 0 aromatic carbocycles. The van der Waals surface area contributed by atoms with Crippen LogP contribution in [0.15, 0.2) is 12.2 Å². The van der Waals surface area contributed by atoms with Gasteiger partial charge in [0.25, 0.3) is 11.8 Å². The van der Waals surface area contributed by atoms with E-state index in [1.54, 1.807) is 0 Å². The molecule has 31 heavy (non-hydrogen) atoms. The lowest BCUT2D eigenvalue weighted by molar-refractivity contribution is -0.142. The summed E-state index contributed by atoms with van der Waals surface area (Å²) in [5, 5.41) is 0. The zero-order chi connectivity index (χ0) is 22.6. The van der Waals surface area contributed by atoms with Crippen LogP contribution in [0, 0.1) is 0 Å². The molecule has 0 unspecified atom stereocenters. The van der Waals surface area contributed by atoms with Crippen LogP contribution in [0.1, 0.15) is 6.42 Å². The molecule has 0 saturated heterocycles. The van der Waals surface area contributed by atoms with Crippen molar-refractivity contribution in [2.24, 2.45) is 0 Å². The van der Waals surface area contributed by atoms with Gasteiger partial charge in [0.2, 0.25) is 0 Å². The summed E-state index contributed by atoms with van der Waals surface area (Å²) in [7, 11) is 1.34. The Balaban J connectivity index is 1.70. The monoisotopic (exact) mass is 447 g/mol. The van der Waals surface area contributed by atoms with Gasteiger partial charge in [-0.05, 0) is 0 Å². The third kappa shape index (κ3) is 14.7. The van der Waals surface area contributed by atoms with Crippen LogP contribution >= 0.6 is 0 Å². The second-order valence-corrected chi connectivity index (χ2v) is 6.16. The van der Waals surface area contributed by atoms with Gasteiger partial charge in [0.15, 0.2) is 0 Å². The Kier molecular flexibility index (Phi) is 16.5. The molecule has 0 N–H and O–H groups in total. The van der Waals surface area contributed by atoms with E-state index in [2.05, 4.69) is 4.74 Å². The van der Waals surface area contributed by atoms with Crippen LogP contribution in [0.2, 0.25) is 0 Å². The van der Waals surface area contributed by atoms with E-state index >= 15 is 0 Å². The number of imide groups is 1. The standard InChI is InChI=1S/C20H33NO10/c1-25-20(24)4-6-26-8-10-28-12-14-30-16-17-31-15-13-29-11-9-27-7-5-21-18(22)2-3-19(21)23/h2-3H,4-17H2,1H3. The van der Waals surface area contributed by atoms with Crippen molar-refractivity contribution in [3.05, 3.63) is 12.2 Å². The summed E-state index contributed by atoms with van der Waals surface area (Å²) in [6, 6.07) is 0. The van der Waals surface area contributed by atoms with Gasteiger partial charge in [0, 0.05) is 12.2 Å². The first kappa shape index (κ1) is 27.1. The van der Waals surface area contributed by atoms with Crippen molar-refractivity contribution in [1.29, 1.82) is 0 Å². The highest BCUT2D eigenvalue weighted by Gasteiger charge is 2.22. The number of hydrogen-bond donors (Lipinski definition) is 0. The number of ether oxygens (including phenoxy) is 7. The highest BCUT2D eigenvalue weighted by atomic mass is 16.6. The lowest BCUT2D eigenvalue weighted by Gasteiger charge is -2.13. The maximum Gasteiger partial charge on any atom is 0.307 e. The van der Waals surface area contributed by atoms with Crippen LogP contribution < -0.4 is 0 Å². The quantitative estimate of drug-likeness (QED) is 0.130. The maximum atomic E-state index is 11.3. The molecule has 1 rings (SSSR count). The smallest absolute Gasteiger partial charge is 0.307 e. The molecule has 0 bridgehead atoms. The predicted octanol–water partition coefficient (Wildman–Crippen LogP) is -0.426. The van der Waals surface area contributed by atoms with Crippen molar-refractivity contribution in [3.8, 4) is 0 Å². The third-order valence-corrected chi connectivity index (χ3v) is 3.90. The first-order valence-corrected chi connectivity index (χ1v) is 10.2. The molecule has 0 radical (unpaired) electrons. The molecule has 11 nitrogen and oxygen atoms in total. The number of methoxy groups -OCH3 is 1. The van der Waals surface area contributed by atoms with Gasteiger partial charge in [-0.15, -0.1) is 0 Å². The molecular formula is C20H33NO10. The van der Waals surface area contributed by atoms with Gasteiger partial charge in [-0.25, -0.2) is 0 Å². The van der Waals surface area contributed by atoms with Gasteiger partial charge in [0.05, 0.1) is 99.4 Å². The van der Waals surface area contributed by atoms with Gasteiger partial charge < -0.3 is 33.2 Å². The van der Waals surface area contributed by atoms with Gasteiger partial charge >= 0.3 is 5.97 Å². The van der Waals surface area contributed by atoms with E-state index < -0.39 is 0 Å². The van der Waals surface area contributed by atoms with Crippen LogP contribution in [0.25, 0.3) is 0 Å². The fraction of sp³-hybridized carbons (Fsp3) is 0.750. The molecule has 1 aliphatic rings. The molecule has 11 heteroatoms. The summed E-state index contributed by atoms with van der Waals surface area (Å²) < 4.78 is 36.5. The van der Waals surface area contributed by atoms with E-state index in [9.17, 15) is 14.4 Å². The molecule has 0 atom stereocenters. The van der Waals surface area contributed by atoms with Crippen molar-refractivity contribution < 1.29 is 47.5 Å². The van der Waals surface area contributed by atoms with E-state index in [0.717, 1.165) is 4.90 Å². The molecule has 1 heterocycles. The molecule has 0 fully saturated rings. The van der Waals surface area contributed by atoms with Crippen molar-refractivity contribution in [1.82, 2.24) is 4.90 Å². The Labute approximate surface area is 182 Å². The minimum Gasteiger partial charge on any atom is -0.469 e. The maximum absolute atomic E-state index is 11.3. The van der Waals surface area contributed by atoms with Crippen molar-refractivity contribution in [2.45, 2.75) is 6.42 Å². The fourth-order valence-corrected chi connectivity index (χ4v) is 2.27. The Morgan fingerprint density at radius 1 is 0.645 bits per heavy atom. The number of nitrogens with zero attached hydrogens (tertiary/aromatic N) is 1. The number of hydrogen-bond acceptors (Lipinski definition) is 10. The summed E-state index contributed by atoms with van der Waals surface area (Å²) in [5.74, 6) is -0.910. The minimum atomic E-state index is -0.308. The second-order valence-electron chi connectivity index (χ2n) is 6.16. The average molecular weight is 447 g/mol. The largest absolute Gasteiger partial charge is 0.469 e. The van der Waals surface area contributed by atoms with Crippen molar-refractivity contribution >= 4 is 17.8 Å². The van der Waals surface area contributed by atoms with Gasteiger partial charge in [-0.1, -0.05) is 0 Å². The molecule has 0 aromatic rings. The topological polar surface area (TPSA) is 119 Å². The van der Waals surface area contributed by atoms with E-state index in [-0.39, 0.29) is 37.4 Å². The first-order chi connectivity index (χ1) is 15.1. The third-order valence-electron chi connectivity index (χ3n) is 3.90. The lowest BCUT2D eigenvalue weighted by atomic mass is 10.5. The van der Waals surface area contributed by atoms with E-state index in [0.29, 0.717) is 72.7 Å². The van der Waals surface area contributed by atoms with Gasteiger partial charge in [-0.2, -0.15) is 0 Å². The van der Waals surface area contributed by atoms with E-state index in [1.807, 2.05) is 0 Å². The number of carbonyl (C=O) groups excluding carboxylic acids is 3. The fourth-order valence-electron chi connectivity index (χ4n) is 2.27. The molecule has 0 spiro atoms. The van der Waals surface area contributed by atoms with Gasteiger partial charge in [-0.3, -0.25) is 19.3 Å². The van der Waals surface area contributed by atoms with Crippen LogP contribution in [0.3, 0.4) is 0 Å². The second kappa shape index (κ2) is 18.8. The molecular weight excluding hydrogens is 414 g/mol. The van der Waals surface area contributed by atoms with Crippen LogP contribution in [0.4, 0.5) is 0 Å². The molecule has 178 valence electrons. The Morgan fingerprint density at radius 2 is 1.00 bits per heavy atom. The molecule has 2 amide bonds. The van der Waals surface area contributed by atoms with Crippen LogP contribution in [-0.2, 0) is 47.5 Å². The normalized spacial score (nSPS) is 13.4. The highest BCUT2D eigenvalue weighted by molar-refractivity contribution is 6.12. The highest BCUT2D eigenvalue weighted by Crippen LogP contribution is 2.02. The summed E-state index contributed by atoms with van der Waals surface area (Å²) in [6.45, 7) is 5.22. The molecule has 1 aliphatic heterocycles. The predicted molar refractivity (Wildman–Crippen MR) is 107 cm³/mol. The molecule has 0 aliphatic carbocycles. The van der Waals surface area contributed by atoms with Crippen LogP contribution in [0.5, 0.6) is 0 Å². The zero-order valence-electron chi connectivity index (χ0n) is 18.1. The number of carbonyl (C=O) groups is 3. The number of amides is 2. The minimum absolute atomic E-state index is 0.238. The zero-order valence-corrected chi connectivity index (χ0v) is 18.1. The van der Waals surface area contributed by atoms with Crippen molar-refractivity contribution in [2.75, 3.05) is 92.9 Å². The van der Waals surface area contributed by atoms with Crippen molar-refractivity contribution in [3.63, 3.8) is 0 Å². The summed E-state index contributed by atoms with van der Waals surface area (Å²) in [5.41, 5.74) is 0. The lowest BCUT2D eigenvalue weighted by Crippen LogP contribution is -2.33. The van der Waals surface area contributed by atoms with E-state index in [4.69, 9.17) is 28.4 Å². The average Bonchev–Trinajstić information content (AvgIpc) is 3.09. The Hall–Kier alpha value is -1.89. The first-order valence-electron chi connectivity index (χ1n) is 10.2. The summed E-state index contributed by atoms with van der Waals surface area (Å²) in [4.78, 5) is 34.6. The summed E-state index contributed by atoms with van der Waals surface area (Å²) in [6.07, 6.45) is 2.74. The van der Waals surface area contributed by atoms with Gasteiger partial charge in [0.1, 0.15) is 0 Å². The number of rotatable bonds is 21. The van der Waals surface area contributed by atoms with E-state index in [1.165, 1.54) is 19.3 Å². The molecule has 0 saturated carbocycles.